The molecule has 1 N–H and O–H groups in total. The highest BCUT2D eigenvalue weighted by molar-refractivity contribution is 5.84. The van der Waals surface area contributed by atoms with Crippen LogP contribution in [0.25, 0.3) is 6.08 Å². The lowest BCUT2D eigenvalue weighted by atomic mass is 10.2. The first-order chi connectivity index (χ1) is 10.1. The first-order valence-corrected chi connectivity index (χ1v) is 6.77. The number of nitrogens with zero attached hydrogens (tertiary/aromatic N) is 1. The monoisotopic (exact) mass is 293 g/mol. The molecular weight excluding hydrogens is 274 g/mol. The Bertz CT molecular complexity index is 495. The van der Waals surface area contributed by atoms with Crippen molar-refractivity contribution in [2.45, 2.75) is 32.8 Å². The Morgan fingerprint density at radius 2 is 2.14 bits per heavy atom. The molecule has 0 saturated carbocycles. The summed E-state index contributed by atoms with van der Waals surface area (Å²) in [5, 5.41) is 8.53. The molecule has 6 nitrogen and oxygen atoms in total. The molecule has 0 saturated heterocycles. The van der Waals surface area contributed by atoms with Crippen LogP contribution in [-0.2, 0) is 14.3 Å². The van der Waals surface area contributed by atoms with Crippen LogP contribution in [-0.4, -0.2) is 34.7 Å². The molecule has 1 unspecified atom stereocenters. The molecule has 21 heavy (non-hydrogen) atoms. The second-order valence-electron chi connectivity index (χ2n) is 4.24. The number of pyridine rings is 1. The van der Waals surface area contributed by atoms with E-state index in [1.807, 2.05) is 6.92 Å². The van der Waals surface area contributed by atoms with Crippen molar-refractivity contribution in [1.82, 2.24) is 4.98 Å². The smallest absolute Gasteiger partial charge is 0.347 e. The summed E-state index contributed by atoms with van der Waals surface area (Å²) in [6.45, 7) is 4.00. The van der Waals surface area contributed by atoms with Crippen molar-refractivity contribution in [2.24, 2.45) is 0 Å². The van der Waals surface area contributed by atoms with E-state index < -0.39 is 18.0 Å². The maximum absolute atomic E-state index is 11.7. The second kappa shape index (κ2) is 8.73. The van der Waals surface area contributed by atoms with Gasteiger partial charge in [-0.15, -0.1) is 0 Å². The van der Waals surface area contributed by atoms with Crippen LogP contribution in [0.2, 0.25) is 0 Å². The van der Waals surface area contributed by atoms with Crippen LogP contribution in [0.15, 0.2) is 24.4 Å². The minimum atomic E-state index is -1.04. The predicted molar refractivity (Wildman–Crippen MR) is 76.9 cm³/mol. The highest BCUT2D eigenvalue weighted by Gasteiger charge is 2.20. The number of carbonyl (C=O) groups is 2. The maximum Gasteiger partial charge on any atom is 0.347 e. The molecule has 1 heterocycles. The molecule has 0 amide bonds. The number of rotatable bonds is 8. The molecule has 1 aromatic rings. The Labute approximate surface area is 123 Å². The molecule has 0 aliphatic heterocycles. The van der Waals surface area contributed by atoms with E-state index in [1.54, 1.807) is 19.1 Å². The molecule has 0 aromatic carbocycles. The average molecular weight is 293 g/mol. The number of carboxylic acids is 1. The van der Waals surface area contributed by atoms with Crippen LogP contribution >= 0.6 is 0 Å². The molecule has 1 rings (SSSR count). The highest BCUT2D eigenvalue weighted by atomic mass is 16.6. The first-order valence-electron chi connectivity index (χ1n) is 6.77. The number of carboxylic acid groups (broad SMARTS) is 1. The zero-order chi connectivity index (χ0) is 15.7. The SMILES string of the molecule is CCCC(Oc1ccc(/C=C/C(=O)O)nc1)C(=O)OCC. The Morgan fingerprint density at radius 3 is 2.67 bits per heavy atom. The van der Waals surface area contributed by atoms with Crippen molar-refractivity contribution < 1.29 is 24.2 Å². The Balaban J connectivity index is 2.71. The maximum atomic E-state index is 11.7. The van der Waals surface area contributed by atoms with E-state index in [9.17, 15) is 9.59 Å². The van der Waals surface area contributed by atoms with Crippen LogP contribution in [0.3, 0.4) is 0 Å². The Morgan fingerprint density at radius 1 is 1.38 bits per heavy atom. The van der Waals surface area contributed by atoms with Crippen LogP contribution < -0.4 is 4.74 Å². The lowest BCUT2D eigenvalue weighted by molar-refractivity contribution is -0.151. The fourth-order valence-corrected chi connectivity index (χ4v) is 1.60. The Kier molecular flexibility index (Phi) is 6.94. The highest BCUT2D eigenvalue weighted by Crippen LogP contribution is 2.15. The van der Waals surface area contributed by atoms with E-state index in [-0.39, 0.29) is 0 Å². The number of carbonyl (C=O) groups excluding carboxylic acids is 1. The molecule has 0 fully saturated rings. The van der Waals surface area contributed by atoms with E-state index in [1.165, 1.54) is 12.3 Å². The summed E-state index contributed by atoms with van der Waals surface area (Å²) in [6, 6.07) is 3.25. The van der Waals surface area contributed by atoms with E-state index in [0.717, 1.165) is 12.5 Å². The average Bonchev–Trinajstić information content (AvgIpc) is 2.46. The molecule has 114 valence electrons. The van der Waals surface area contributed by atoms with Gasteiger partial charge in [-0.25, -0.2) is 9.59 Å². The van der Waals surface area contributed by atoms with Gasteiger partial charge in [-0.1, -0.05) is 13.3 Å². The number of hydrogen-bond acceptors (Lipinski definition) is 5. The third kappa shape index (κ3) is 6.07. The molecule has 1 aromatic heterocycles. The van der Waals surface area contributed by atoms with Gasteiger partial charge >= 0.3 is 11.9 Å². The standard InChI is InChI=1S/C15H19NO5/c1-3-5-13(15(19)20-4-2)21-12-8-6-11(16-10-12)7-9-14(17)18/h6-10,13H,3-5H2,1-2H3,(H,17,18)/b9-7+. The van der Waals surface area contributed by atoms with Gasteiger partial charge in [-0.2, -0.15) is 0 Å². The third-order valence-electron chi connectivity index (χ3n) is 2.53. The van der Waals surface area contributed by atoms with Crippen molar-refractivity contribution in [3.63, 3.8) is 0 Å². The van der Waals surface area contributed by atoms with Crippen LogP contribution in [0, 0.1) is 0 Å². The summed E-state index contributed by atoms with van der Waals surface area (Å²) in [5.41, 5.74) is 0.493. The molecule has 0 bridgehead atoms. The number of aromatic nitrogens is 1. The summed E-state index contributed by atoms with van der Waals surface area (Å²) >= 11 is 0. The van der Waals surface area contributed by atoms with Crippen molar-refractivity contribution in [3.05, 3.63) is 30.1 Å². The molecule has 0 aliphatic rings. The van der Waals surface area contributed by atoms with Gasteiger partial charge in [0.05, 0.1) is 18.5 Å². The van der Waals surface area contributed by atoms with Gasteiger partial charge in [0.15, 0.2) is 6.10 Å². The van der Waals surface area contributed by atoms with E-state index >= 15 is 0 Å². The zero-order valence-corrected chi connectivity index (χ0v) is 12.1. The lowest BCUT2D eigenvalue weighted by Gasteiger charge is -2.16. The minimum Gasteiger partial charge on any atom is -0.478 e. The number of hydrogen-bond donors (Lipinski definition) is 1. The summed E-state index contributed by atoms with van der Waals surface area (Å²) in [4.78, 5) is 26.2. The summed E-state index contributed by atoms with van der Waals surface area (Å²) in [7, 11) is 0. The van der Waals surface area contributed by atoms with Gasteiger partial charge in [0.25, 0.3) is 0 Å². The second-order valence-corrected chi connectivity index (χ2v) is 4.24. The number of ether oxygens (including phenoxy) is 2. The normalized spacial score (nSPS) is 12.1. The summed E-state index contributed by atoms with van der Waals surface area (Å²) in [5.74, 6) is -0.995. The molecule has 0 spiro atoms. The minimum absolute atomic E-state index is 0.305. The van der Waals surface area contributed by atoms with Crippen molar-refractivity contribution in [2.75, 3.05) is 6.61 Å². The van der Waals surface area contributed by atoms with Gasteiger partial charge in [0.1, 0.15) is 5.75 Å². The molecule has 6 heteroatoms. The molecular formula is C15H19NO5. The van der Waals surface area contributed by atoms with Gasteiger partial charge in [-0.3, -0.25) is 4.98 Å². The van der Waals surface area contributed by atoms with Crippen LogP contribution in [0.4, 0.5) is 0 Å². The zero-order valence-electron chi connectivity index (χ0n) is 12.1. The van der Waals surface area contributed by atoms with Gasteiger partial charge in [-0.05, 0) is 31.6 Å². The van der Waals surface area contributed by atoms with E-state index in [0.29, 0.717) is 24.5 Å². The largest absolute Gasteiger partial charge is 0.478 e. The summed E-state index contributed by atoms with van der Waals surface area (Å²) in [6.07, 6.45) is 4.51. The van der Waals surface area contributed by atoms with Crippen LogP contribution in [0.1, 0.15) is 32.4 Å². The van der Waals surface area contributed by atoms with E-state index in [2.05, 4.69) is 4.98 Å². The topological polar surface area (TPSA) is 85.7 Å². The molecule has 1 atom stereocenters. The number of esters is 1. The van der Waals surface area contributed by atoms with Gasteiger partial charge in [0.2, 0.25) is 0 Å². The predicted octanol–water partition coefficient (Wildman–Crippen LogP) is 2.29. The van der Waals surface area contributed by atoms with Crippen molar-refractivity contribution >= 4 is 18.0 Å². The van der Waals surface area contributed by atoms with Crippen molar-refractivity contribution in [3.8, 4) is 5.75 Å². The van der Waals surface area contributed by atoms with Crippen LogP contribution in [0.5, 0.6) is 5.75 Å². The Hall–Kier alpha value is -2.37. The summed E-state index contributed by atoms with van der Waals surface area (Å²) < 4.78 is 10.5. The fraction of sp³-hybridized carbons (Fsp3) is 0.400. The third-order valence-corrected chi connectivity index (χ3v) is 2.53. The first kappa shape index (κ1) is 16.7. The van der Waals surface area contributed by atoms with Gasteiger partial charge < -0.3 is 14.6 Å². The van der Waals surface area contributed by atoms with Crippen molar-refractivity contribution in [1.29, 1.82) is 0 Å². The number of aliphatic carboxylic acids is 1. The quantitative estimate of drug-likeness (QED) is 0.584. The fourth-order valence-electron chi connectivity index (χ4n) is 1.60. The molecule has 0 radical (unpaired) electrons. The molecule has 0 aliphatic carbocycles. The van der Waals surface area contributed by atoms with E-state index in [4.69, 9.17) is 14.6 Å². The van der Waals surface area contributed by atoms with Gasteiger partial charge in [0, 0.05) is 6.08 Å². The lowest BCUT2D eigenvalue weighted by Crippen LogP contribution is -2.29.